The third-order valence-corrected chi connectivity index (χ3v) is 3.52. The largest absolute Gasteiger partial charge is 0.508 e. The van der Waals surface area contributed by atoms with Crippen molar-refractivity contribution in [1.29, 1.82) is 0 Å². The molecule has 0 saturated heterocycles. The predicted molar refractivity (Wildman–Crippen MR) is 57.7 cm³/mol. The molecule has 0 aromatic rings. The molecule has 0 unspecified atom stereocenters. The second-order valence-electron chi connectivity index (χ2n) is 4.76. The van der Waals surface area contributed by atoms with Crippen LogP contribution in [0.3, 0.4) is 0 Å². The van der Waals surface area contributed by atoms with Crippen molar-refractivity contribution < 1.29 is 14.9 Å². The van der Waals surface area contributed by atoms with Crippen LogP contribution in [0.1, 0.15) is 26.2 Å². The number of allylic oxidation sites excluding steroid dienone is 2. The first-order chi connectivity index (χ1) is 7.09. The molecule has 2 N–H and O–H groups in total. The van der Waals surface area contributed by atoms with Gasteiger partial charge in [-0.25, -0.2) is 0 Å². The highest BCUT2D eigenvalue weighted by Gasteiger charge is 2.47. The van der Waals surface area contributed by atoms with Crippen LogP contribution in [-0.4, -0.2) is 23.9 Å². The van der Waals surface area contributed by atoms with Crippen molar-refractivity contribution in [2.24, 2.45) is 11.3 Å². The van der Waals surface area contributed by atoms with Crippen molar-refractivity contribution in [3.05, 3.63) is 23.2 Å². The van der Waals surface area contributed by atoms with Crippen molar-refractivity contribution in [2.75, 3.05) is 13.7 Å². The molecule has 0 aliphatic heterocycles. The van der Waals surface area contributed by atoms with Gasteiger partial charge in [0.2, 0.25) is 0 Å². The second kappa shape index (κ2) is 3.56. The van der Waals surface area contributed by atoms with E-state index < -0.39 is 0 Å². The number of ether oxygens (including phenoxy) is 1. The van der Waals surface area contributed by atoms with Gasteiger partial charge in [0, 0.05) is 18.4 Å². The zero-order valence-corrected chi connectivity index (χ0v) is 9.29. The molecule has 3 nitrogen and oxygen atoms in total. The second-order valence-corrected chi connectivity index (χ2v) is 4.76. The molecular formula is C12H18O3. The van der Waals surface area contributed by atoms with Crippen molar-refractivity contribution in [3.63, 3.8) is 0 Å². The van der Waals surface area contributed by atoms with Gasteiger partial charge in [-0.1, -0.05) is 12.5 Å². The average Bonchev–Trinajstić information content (AvgIpc) is 2.95. The smallest absolute Gasteiger partial charge is 0.153 e. The Morgan fingerprint density at radius 2 is 2.13 bits per heavy atom. The lowest BCUT2D eigenvalue weighted by Crippen LogP contribution is -2.19. The molecule has 0 bridgehead atoms. The number of rotatable bonds is 3. The van der Waals surface area contributed by atoms with Gasteiger partial charge in [-0.05, 0) is 25.3 Å². The van der Waals surface area contributed by atoms with E-state index in [0.717, 1.165) is 25.9 Å². The summed E-state index contributed by atoms with van der Waals surface area (Å²) in [5, 5.41) is 19.1. The average molecular weight is 210 g/mol. The molecule has 15 heavy (non-hydrogen) atoms. The van der Waals surface area contributed by atoms with E-state index in [4.69, 9.17) is 4.74 Å². The van der Waals surface area contributed by atoms with Gasteiger partial charge in [0.05, 0.1) is 6.61 Å². The van der Waals surface area contributed by atoms with Crippen LogP contribution in [0.4, 0.5) is 0 Å². The zero-order valence-electron chi connectivity index (χ0n) is 9.29. The Kier molecular flexibility index (Phi) is 2.51. The summed E-state index contributed by atoms with van der Waals surface area (Å²) in [5.41, 5.74) is 1.38. The van der Waals surface area contributed by atoms with E-state index in [9.17, 15) is 10.2 Å². The summed E-state index contributed by atoms with van der Waals surface area (Å²) in [7, 11) is 1.71. The zero-order chi connectivity index (χ0) is 11.1. The molecule has 1 fully saturated rings. The van der Waals surface area contributed by atoms with Crippen LogP contribution in [0.2, 0.25) is 0 Å². The monoisotopic (exact) mass is 210 g/mol. The van der Waals surface area contributed by atoms with Gasteiger partial charge in [-0.15, -0.1) is 0 Å². The SMILES string of the molecule is COCC1(C2=CC(O)=C(O)[C@@H](C)C2)CC1. The first-order valence-electron chi connectivity index (χ1n) is 5.41. The van der Waals surface area contributed by atoms with Gasteiger partial charge < -0.3 is 14.9 Å². The molecular weight excluding hydrogens is 192 g/mol. The Morgan fingerprint density at radius 1 is 1.47 bits per heavy atom. The number of hydrogen-bond acceptors (Lipinski definition) is 3. The molecule has 2 aliphatic rings. The van der Waals surface area contributed by atoms with E-state index >= 15 is 0 Å². The summed E-state index contributed by atoms with van der Waals surface area (Å²) in [5.74, 6) is 0.178. The molecule has 0 heterocycles. The molecule has 84 valence electrons. The Balaban J connectivity index is 2.21. The highest BCUT2D eigenvalue weighted by Crippen LogP contribution is 2.55. The van der Waals surface area contributed by atoms with Crippen LogP contribution < -0.4 is 0 Å². The number of hydrogen-bond donors (Lipinski definition) is 2. The van der Waals surface area contributed by atoms with Gasteiger partial charge in [0.15, 0.2) is 5.76 Å². The van der Waals surface area contributed by atoms with Crippen molar-refractivity contribution >= 4 is 0 Å². The van der Waals surface area contributed by atoms with Crippen LogP contribution in [-0.2, 0) is 4.74 Å². The molecule has 2 rings (SSSR count). The lowest BCUT2D eigenvalue weighted by Gasteiger charge is -2.25. The molecule has 1 atom stereocenters. The first kappa shape index (κ1) is 10.6. The van der Waals surface area contributed by atoms with E-state index in [1.165, 1.54) is 5.57 Å². The Hall–Kier alpha value is -0.960. The summed E-state index contributed by atoms with van der Waals surface area (Å²) >= 11 is 0. The minimum atomic E-state index is 0.0272. The lowest BCUT2D eigenvalue weighted by molar-refractivity contribution is 0.152. The fraction of sp³-hybridized carbons (Fsp3) is 0.667. The van der Waals surface area contributed by atoms with Gasteiger partial charge in [-0.2, -0.15) is 0 Å². The number of aliphatic hydroxyl groups excluding tert-OH is 2. The van der Waals surface area contributed by atoms with E-state index in [2.05, 4.69) is 0 Å². The third-order valence-electron chi connectivity index (χ3n) is 3.52. The van der Waals surface area contributed by atoms with Crippen LogP contribution in [0.5, 0.6) is 0 Å². The van der Waals surface area contributed by atoms with Crippen LogP contribution in [0.25, 0.3) is 0 Å². The van der Waals surface area contributed by atoms with E-state index in [1.807, 2.05) is 6.92 Å². The highest BCUT2D eigenvalue weighted by atomic mass is 16.5. The third kappa shape index (κ3) is 1.76. The van der Waals surface area contributed by atoms with E-state index in [1.54, 1.807) is 13.2 Å². The molecule has 0 aromatic heterocycles. The van der Waals surface area contributed by atoms with Crippen molar-refractivity contribution in [3.8, 4) is 0 Å². The summed E-state index contributed by atoms with van der Waals surface area (Å²) in [4.78, 5) is 0. The summed E-state index contributed by atoms with van der Waals surface area (Å²) < 4.78 is 5.22. The Labute approximate surface area is 90.1 Å². The van der Waals surface area contributed by atoms with Crippen LogP contribution >= 0.6 is 0 Å². The molecule has 0 amide bonds. The maximum Gasteiger partial charge on any atom is 0.153 e. The Bertz CT molecular complexity index is 324. The number of methoxy groups -OCH3 is 1. The van der Waals surface area contributed by atoms with Crippen LogP contribution in [0.15, 0.2) is 23.2 Å². The summed E-state index contributed by atoms with van der Waals surface area (Å²) in [6.45, 7) is 2.65. The maximum atomic E-state index is 9.59. The molecule has 0 radical (unpaired) electrons. The minimum Gasteiger partial charge on any atom is -0.508 e. The van der Waals surface area contributed by atoms with Gasteiger partial charge >= 0.3 is 0 Å². The molecule has 0 aromatic carbocycles. The quantitative estimate of drug-likeness (QED) is 0.753. The molecule has 1 saturated carbocycles. The number of aliphatic hydroxyl groups is 2. The first-order valence-corrected chi connectivity index (χ1v) is 5.41. The van der Waals surface area contributed by atoms with Crippen LogP contribution in [0, 0.1) is 11.3 Å². The minimum absolute atomic E-state index is 0.0272. The van der Waals surface area contributed by atoms with E-state index in [0.29, 0.717) is 0 Å². The van der Waals surface area contributed by atoms with E-state index in [-0.39, 0.29) is 22.9 Å². The fourth-order valence-electron chi connectivity index (χ4n) is 2.33. The highest BCUT2D eigenvalue weighted by molar-refractivity contribution is 5.34. The molecule has 0 spiro atoms. The standard InChI is InChI=1S/C12H18O3/c1-8-5-9(6-10(13)11(8)14)12(3-4-12)7-15-2/h6,8,13-14H,3-5,7H2,1-2H3/t8-/m0/s1. The fourth-order valence-corrected chi connectivity index (χ4v) is 2.33. The Morgan fingerprint density at radius 3 is 2.60 bits per heavy atom. The normalized spacial score (nSPS) is 28.9. The molecule has 2 aliphatic carbocycles. The molecule has 3 heteroatoms. The lowest BCUT2D eigenvalue weighted by atomic mass is 9.84. The van der Waals surface area contributed by atoms with Gasteiger partial charge in [-0.3, -0.25) is 0 Å². The maximum absolute atomic E-state index is 9.59. The van der Waals surface area contributed by atoms with Gasteiger partial charge in [0.1, 0.15) is 5.76 Å². The van der Waals surface area contributed by atoms with Crippen molar-refractivity contribution in [2.45, 2.75) is 26.2 Å². The topological polar surface area (TPSA) is 49.7 Å². The van der Waals surface area contributed by atoms with Crippen molar-refractivity contribution in [1.82, 2.24) is 0 Å². The summed E-state index contributed by atoms with van der Waals surface area (Å²) in [6, 6.07) is 0. The predicted octanol–water partition coefficient (Wildman–Crippen LogP) is 2.71. The summed E-state index contributed by atoms with van der Waals surface area (Å²) in [6.07, 6.45) is 4.82. The van der Waals surface area contributed by atoms with Gasteiger partial charge in [0.25, 0.3) is 0 Å².